The van der Waals surface area contributed by atoms with Crippen LogP contribution in [-0.2, 0) is 9.59 Å². The molecule has 9 heteroatoms. The number of ether oxygens (including phenoxy) is 3. The Morgan fingerprint density at radius 1 is 1.09 bits per heavy atom. The van der Waals surface area contributed by atoms with Crippen LogP contribution in [0.2, 0.25) is 0 Å². The zero-order chi connectivity index (χ0) is 25.2. The molecule has 1 aliphatic rings. The molecule has 0 atom stereocenters. The van der Waals surface area contributed by atoms with E-state index in [4.69, 9.17) is 14.2 Å². The molecular weight excluding hydrogens is 468 g/mol. The average molecular weight is 499 g/mol. The third kappa shape index (κ3) is 7.51. The smallest absolute Gasteiger partial charge is 0.293 e. The van der Waals surface area contributed by atoms with Crippen molar-refractivity contribution in [3.8, 4) is 17.2 Å². The summed E-state index contributed by atoms with van der Waals surface area (Å²) in [5.41, 5.74) is 1.88. The first-order chi connectivity index (χ1) is 16.9. The number of hydrogen-bond acceptors (Lipinski definition) is 7. The zero-order valence-corrected chi connectivity index (χ0v) is 21.0. The quantitative estimate of drug-likeness (QED) is 0.342. The van der Waals surface area contributed by atoms with Crippen molar-refractivity contribution >= 4 is 34.9 Å². The molecule has 2 aromatic rings. The highest BCUT2D eigenvalue weighted by molar-refractivity contribution is 8.18. The van der Waals surface area contributed by atoms with Crippen LogP contribution in [0.15, 0.2) is 47.4 Å². The number of rotatable bonds is 12. The number of thioether (sulfide) groups is 1. The van der Waals surface area contributed by atoms with Gasteiger partial charge >= 0.3 is 0 Å². The van der Waals surface area contributed by atoms with Crippen molar-refractivity contribution in [2.24, 2.45) is 0 Å². The molecule has 3 rings (SSSR count). The van der Waals surface area contributed by atoms with E-state index in [-0.39, 0.29) is 30.1 Å². The van der Waals surface area contributed by atoms with Crippen LogP contribution in [0.3, 0.4) is 0 Å². The highest BCUT2D eigenvalue weighted by Gasteiger charge is 2.34. The van der Waals surface area contributed by atoms with E-state index in [0.717, 1.165) is 33.5 Å². The maximum Gasteiger partial charge on any atom is 0.293 e. The number of hydrogen-bond donors (Lipinski definition) is 1. The van der Waals surface area contributed by atoms with Gasteiger partial charge in [0, 0.05) is 19.5 Å². The van der Waals surface area contributed by atoms with Gasteiger partial charge in [0.2, 0.25) is 5.91 Å². The summed E-state index contributed by atoms with van der Waals surface area (Å²) in [4.78, 5) is 38.6. The summed E-state index contributed by atoms with van der Waals surface area (Å²) < 4.78 is 16.5. The van der Waals surface area contributed by atoms with Gasteiger partial charge in [0.25, 0.3) is 11.1 Å². The van der Waals surface area contributed by atoms with E-state index >= 15 is 0 Å². The predicted octanol–water partition coefficient (Wildman–Crippen LogP) is 4.41. The van der Waals surface area contributed by atoms with Gasteiger partial charge in [-0.25, -0.2) is 0 Å². The van der Waals surface area contributed by atoms with Crippen LogP contribution in [0.5, 0.6) is 17.2 Å². The van der Waals surface area contributed by atoms with Crippen LogP contribution in [0.25, 0.3) is 6.08 Å². The molecule has 1 fully saturated rings. The van der Waals surface area contributed by atoms with E-state index in [1.807, 2.05) is 38.1 Å². The highest BCUT2D eigenvalue weighted by Crippen LogP contribution is 2.34. The number of amides is 3. The van der Waals surface area contributed by atoms with Gasteiger partial charge in [0.1, 0.15) is 5.75 Å². The standard InChI is InChI=1S/C26H30N2O6S/c1-4-33-21-12-9-19(16-22(21)32-3)17-23-25(30)28(26(31)35-23)14-13-27-24(29)6-5-15-34-20-10-7-18(2)8-11-20/h7-12,16-17H,4-6,13-15H2,1-3H3,(H,27,29). The number of methoxy groups -OCH3 is 1. The van der Waals surface area contributed by atoms with Crippen LogP contribution in [0.4, 0.5) is 4.79 Å². The fraction of sp³-hybridized carbons (Fsp3) is 0.346. The van der Waals surface area contributed by atoms with Gasteiger partial charge in [0.05, 0.1) is 25.2 Å². The molecule has 0 aliphatic carbocycles. The first-order valence-corrected chi connectivity index (χ1v) is 12.2. The van der Waals surface area contributed by atoms with E-state index in [0.29, 0.717) is 42.5 Å². The summed E-state index contributed by atoms with van der Waals surface area (Å²) in [6, 6.07) is 13.0. The van der Waals surface area contributed by atoms with Gasteiger partial charge in [-0.2, -0.15) is 0 Å². The minimum Gasteiger partial charge on any atom is -0.494 e. The minimum atomic E-state index is -0.381. The van der Waals surface area contributed by atoms with E-state index < -0.39 is 0 Å². The van der Waals surface area contributed by atoms with Crippen molar-refractivity contribution in [2.75, 3.05) is 33.4 Å². The van der Waals surface area contributed by atoms with Gasteiger partial charge in [-0.15, -0.1) is 0 Å². The number of nitrogens with one attached hydrogen (secondary N) is 1. The highest BCUT2D eigenvalue weighted by atomic mass is 32.2. The Morgan fingerprint density at radius 3 is 2.57 bits per heavy atom. The van der Waals surface area contributed by atoms with Crippen molar-refractivity contribution < 1.29 is 28.6 Å². The number of benzene rings is 2. The molecule has 35 heavy (non-hydrogen) atoms. The van der Waals surface area contributed by atoms with E-state index in [1.54, 1.807) is 31.4 Å². The lowest BCUT2D eigenvalue weighted by molar-refractivity contribution is -0.124. The van der Waals surface area contributed by atoms with Crippen LogP contribution < -0.4 is 19.5 Å². The van der Waals surface area contributed by atoms with Gasteiger partial charge in [-0.05, 0) is 67.9 Å². The van der Waals surface area contributed by atoms with Crippen molar-refractivity contribution in [3.05, 3.63) is 58.5 Å². The van der Waals surface area contributed by atoms with E-state index in [2.05, 4.69) is 5.32 Å². The number of aryl methyl sites for hydroxylation is 1. The molecule has 8 nitrogen and oxygen atoms in total. The van der Waals surface area contributed by atoms with Crippen LogP contribution in [0, 0.1) is 6.92 Å². The van der Waals surface area contributed by atoms with Gasteiger partial charge in [-0.3, -0.25) is 19.3 Å². The molecule has 1 heterocycles. The largest absolute Gasteiger partial charge is 0.494 e. The van der Waals surface area contributed by atoms with Crippen molar-refractivity contribution in [1.82, 2.24) is 10.2 Å². The summed E-state index contributed by atoms with van der Waals surface area (Å²) in [7, 11) is 1.54. The normalized spacial score (nSPS) is 14.4. The third-order valence-electron chi connectivity index (χ3n) is 5.15. The molecule has 1 saturated heterocycles. The molecule has 2 aromatic carbocycles. The second kappa shape index (κ2) is 12.9. The summed E-state index contributed by atoms with van der Waals surface area (Å²) in [6.45, 7) is 5.13. The predicted molar refractivity (Wildman–Crippen MR) is 136 cm³/mol. The summed E-state index contributed by atoms with van der Waals surface area (Å²) >= 11 is 0.876. The molecule has 3 amide bonds. The Kier molecular flexibility index (Phi) is 9.60. The van der Waals surface area contributed by atoms with Crippen LogP contribution >= 0.6 is 11.8 Å². The monoisotopic (exact) mass is 498 g/mol. The number of carbonyl (C=O) groups is 3. The fourth-order valence-corrected chi connectivity index (χ4v) is 4.21. The Balaban J connectivity index is 1.44. The number of imide groups is 1. The molecule has 186 valence electrons. The average Bonchev–Trinajstić information content (AvgIpc) is 3.11. The third-order valence-corrected chi connectivity index (χ3v) is 6.06. The molecule has 1 N–H and O–H groups in total. The lowest BCUT2D eigenvalue weighted by Gasteiger charge is -2.13. The van der Waals surface area contributed by atoms with Gasteiger partial charge in [0.15, 0.2) is 11.5 Å². The molecule has 0 bridgehead atoms. The SMILES string of the molecule is CCOc1ccc(C=C2SC(=O)N(CCNC(=O)CCCOc3ccc(C)cc3)C2=O)cc1OC. The van der Waals surface area contributed by atoms with Gasteiger partial charge in [-0.1, -0.05) is 23.8 Å². The second-order valence-electron chi connectivity index (χ2n) is 7.79. The second-order valence-corrected chi connectivity index (χ2v) is 8.78. The molecule has 1 aliphatic heterocycles. The molecule has 0 unspecified atom stereocenters. The molecule has 0 aromatic heterocycles. The first kappa shape index (κ1) is 26.2. The summed E-state index contributed by atoms with van der Waals surface area (Å²) in [5.74, 6) is 1.40. The molecule has 0 saturated carbocycles. The Bertz CT molecular complexity index is 1080. The molecular formula is C26H30N2O6S. The number of nitrogens with zero attached hydrogens (tertiary/aromatic N) is 1. The fourth-order valence-electron chi connectivity index (χ4n) is 3.35. The number of carbonyl (C=O) groups excluding carboxylic acids is 3. The minimum absolute atomic E-state index is 0.111. The van der Waals surface area contributed by atoms with Crippen LogP contribution in [-0.4, -0.2) is 55.4 Å². The van der Waals surface area contributed by atoms with Crippen LogP contribution in [0.1, 0.15) is 30.9 Å². The lowest BCUT2D eigenvalue weighted by atomic mass is 10.2. The van der Waals surface area contributed by atoms with Gasteiger partial charge < -0.3 is 19.5 Å². The summed E-state index contributed by atoms with van der Waals surface area (Å²) in [6.07, 6.45) is 2.51. The topological polar surface area (TPSA) is 94.2 Å². The first-order valence-electron chi connectivity index (χ1n) is 11.4. The summed E-state index contributed by atoms with van der Waals surface area (Å²) in [5, 5.41) is 2.39. The van der Waals surface area contributed by atoms with Crippen molar-refractivity contribution in [3.63, 3.8) is 0 Å². The zero-order valence-electron chi connectivity index (χ0n) is 20.2. The van der Waals surface area contributed by atoms with Crippen molar-refractivity contribution in [2.45, 2.75) is 26.7 Å². The molecule has 0 radical (unpaired) electrons. The maximum atomic E-state index is 12.7. The Labute approximate surface area is 209 Å². The Morgan fingerprint density at radius 2 is 1.86 bits per heavy atom. The Hall–Kier alpha value is -3.46. The van der Waals surface area contributed by atoms with Crippen molar-refractivity contribution in [1.29, 1.82) is 0 Å². The molecule has 0 spiro atoms. The maximum absolute atomic E-state index is 12.7. The van der Waals surface area contributed by atoms with E-state index in [9.17, 15) is 14.4 Å². The lowest BCUT2D eigenvalue weighted by Crippen LogP contribution is -2.37. The van der Waals surface area contributed by atoms with E-state index in [1.165, 1.54) is 0 Å².